The summed E-state index contributed by atoms with van der Waals surface area (Å²) in [6, 6.07) is 7.07. The molecule has 0 spiro atoms. The Morgan fingerprint density at radius 1 is 1.24 bits per heavy atom. The lowest BCUT2D eigenvalue weighted by Crippen LogP contribution is -2.25. The number of hydrogen-bond donors (Lipinski definition) is 2. The first-order chi connectivity index (χ1) is 16.0. The van der Waals surface area contributed by atoms with Gasteiger partial charge in [0.15, 0.2) is 0 Å². The van der Waals surface area contributed by atoms with Crippen LogP contribution in [-0.2, 0) is 11.2 Å². The smallest absolute Gasteiger partial charge is 0.269 e. The molecule has 0 aliphatic carbocycles. The lowest BCUT2D eigenvalue weighted by molar-refractivity contribution is 0.0707. The molecular formula is C24H27F2N5O2. The van der Waals surface area contributed by atoms with Crippen LogP contribution < -0.4 is 16.0 Å². The number of nitrogens with zero attached hydrogens (tertiary/aromatic N) is 3. The summed E-state index contributed by atoms with van der Waals surface area (Å²) in [5.41, 5.74) is 10.3. The first kappa shape index (κ1) is 21.6. The molecule has 0 atom stereocenters. The molecule has 7 nitrogen and oxygen atoms in total. The molecular weight excluding hydrogens is 428 g/mol. The Labute approximate surface area is 190 Å². The van der Waals surface area contributed by atoms with Crippen molar-refractivity contribution in [1.82, 2.24) is 14.9 Å². The fraction of sp³-hybridized carbons (Fsp3) is 0.417. The number of anilines is 3. The number of amides is 1. The fourth-order valence-corrected chi connectivity index (χ4v) is 4.94. The Kier molecular flexibility index (Phi) is 5.65. The van der Waals surface area contributed by atoms with Crippen LogP contribution in [0.5, 0.6) is 0 Å². The van der Waals surface area contributed by atoms with E-state index in [-0.39, 0.29) is 23.2 Å². The number of rotatable bonds is 4. The van der Waals surface area contributed by atoms with Gasteiger partial charge in [0.1, 0.15) is 11.2 Å². The van der Waals surface area contributed by atoms with E-state index in [1.165, 1.54) is 6.07 Å². The molecule has 2 aliphatic rings. The molecule has 33 heavy (non-hydrogen) atoms. The number of halogens is 2. The number of nitrogen functional groups attached to an aromatic ring is 1. The van der Waals surface area contributed by atoms with Crippen molar-refractivity contribution in [3.8, 4) is 0 Å². The molecule has 0 unspecified atom stereocenters. The average Bonchev–Trinajstić information content (AvgIpc) is 3.21. The van der Waals surface area contributed by atoms with Gasteiger partial charge in [-0.25, -0.2) is 13.8 Å². The molecule has 0 bridgehead atoms. The summed E-state index contributed by atoms with van der Waals surface area (Å²) >= 11 is 0. The maximum absolute atomic E-state index is 13.6. The van der Waals surface area contributed by atoms with Gasteiger partial charge in [0.2, 0.25) is 0 Å². The van der Waals surface area contributed by atoms with Crippen molar-refractivity contribution in [2.24, 2.45) is 0 Å². The summed E-state index contributed by atoms with van der Waals surface area (Å²) in [6.45, 7) is 2.04. The Hall–Kier alpha value is -3.20. The Balaban J connectivity index is 1.69. The first-order valence-corrected chi connectivity index (χ1v) is 11.3. The molecule has 0 saturated carbocycles. The minimum absolute atomic E-state index is 0.121. The Morgan fingerprint density at radius 2 is 2.03 bits per heavy atom. The topological polar surface area (TPSA) is 85.4 Å². The number of nitrogens with two attached hydrogens (primary N) is 1. The lowest BCUT2D eigenvalue weighted by atomic mass is 9.97. The van der Waals surface area contributed by atoms with E-state index < -0.39 is 6.43 Å². The van der Waals surface area contributed by atoms with Crippen LogP contribution in [0.15, 0.2) is 30.5 Å². The van der Waals surface area contributed by atoms with Gasteiger partial charge in [-0.15, -0.1) is 0 Å². The Bertz CT molecular complexity index is 1200. The van der Waals surface area contributed by atoms with Crippen LogP contribution in [0.3, 0.4) is 0 Å². The number of alkyl halides is 2. The molecule has 174 valence electrons. The third-order valence-corrected chi connectivity index (χ3v) is 6.63. The molecule has 1 fully saturated rings. The molecule has 1 amide bonds. The average molecular weight is 456 g/mol. The number of aromatic nitrogens is 2. The summed E-state index contributed by atoms with van der Waals surface area (Å²) < 4.78 is 35.0. The summed E-state index contributed by atoms with van der Waals surface area (Å²) in [7, 11) is 1.57. The summed E-state index contributed by atoms with van der Waals surface area (Å²) in [5, 5.41) is 2.62. The van der Waals surface area contributed by atoms with E-state index in [9.17, 15) is 13.6 Å². The standard InChI is InChI=1S/C24H27F2N5O2/c1-28-24(32)18-4-5-19-22(29-18)21(13-31(19)15-6-9-33-10-7-15)30-8-2-3-14-11-17(27)16(23(25)26)12-20(14)30/h4-5,11-13,15,23H,2-3,6-10,27H2,1H3,(H,28,32). The van der Waals surface area contributed by atoms with Crippen molar-refractivity contribution >= 4 is 34.0 Å². The second kappa shape index (κ2) is 8.62. The number of hydrogen-bond acceptors (Lipinski definition) is 5. The highest BCUT2D eigenvalue weighted by molar-refractivity contribution is 5.98. The highest BCUT2D eigenvalue weighted by atomic mass is 19.3. The molecule has 9 heteroatoms. The van der Waals surface area contributed by atoms with Crippen molar-refractivity contribution in [2.75, 3.05) is 37.4 Å². The van der Waals surface area contributed by atoms with Gasteiger partial charge in [-0.2, -0.15) is 0 Å². The fourth-order valence-electron chi connectivity index (χ4n) is 4.94. The predicted molar refractivity (Wildman–Crippen MR) is 123 cm³/mol. The number of carbonyl (C=O) groups is 1. The van der Waals surface area contributed by atoms with Crippen molar-refractivity contribution in [3.63, 3.8) is 0 Å². The van der Waals surface area contributed by atoms with Crippen LogP contribution in [-0.4, -0.2) is 42.3 Å². The molecule has 0 radical (unpaired) electrons. The van der Waals surface area contributed by atoms with E-state index in [0.717, 1.165) is 48.1 Å². The minimum Gasteiger partial charge on any atom is -0.398 e. The minimum atomic E-state index is -2.65. The van der Waals surface area contributed by atoms with Gasteiger partial charge in [-0.1, -0.05) is 0 Å². The van der Waals surface area contributed by atoms with Crippen LogP contribution in [0, 0.1) is 0 Å². The molecule has 3 N–H and O–H groups in total. The van der Waals surface area contributed by atoms with Gasteiger partial charge in [-0.05, 0) is 55.5 Å². The number of pyridine rings is 1. The molecule has 3 aromatic rings. The van der Waals surface area contributed by atoms with E-state index in [0.29, 0.717) is 31.0 Å². The third kappa shape index (κ3) is 3.80. The van der Waals surface area contributed by atoms with Gasteiger partial charge < -0.3 is 25.3 Å². The summed E-state index contributed by atoms with van der Waals surface area (Å²) in [5.74, 6) is -0.270. The maximum atomic E-state index is 13.6. The van der Waals surface area contributed by atoms with E-state index in [2.05, 4.69) is 16.1 Å². The molecule has 1 aromatic carbocycles. The van der Waals surface area contributed by atoms with Crippen molar-refractivity contribution in [3.05, 3.63) is 47.3 Å². The zero-order chi connectivity index (χ0) is 23.1. The zero-order valence-corrected chi connectivity index (χ0v) is 18.5. The van der Waals surface area contributed by atoms with E-state index in [4.69, 9.17) is 15.5 Å². The number of ether oxygens (including phenoxy) is 1. The molecule has 2 aliphatic heterocycles. The monoisotopic (exact) mass is 455 g/mol. The number of fused-ring (bicyclic) bond motifs is 2. The van der Waals surface area contributed by atoms with Crippen molar-refractivity contribution < 1.29 is 18.3 Å². The SMILES string of the molecule is CNC(=O)c1ccc2c(n1)c(N1CCCc3cc(N)c(C(F)F)cc31)cn2C1CCOCC1. The second-order valence-corrected chi connectivity index (χ2v) is 8.57. The number of nitrogens with one attached hydrogen (secondary N) is 1. The second-order valence-electron chi connectivity index (χ2n) is 8.57. The molecule has 2 aromatic heterocycles. The zero-order valence-electron chi connectivity index (χ0n) is 18.5. The first-order valence-electron chi connectivity index (χ1n) is 11.3. The summed E-state index contributed by atoms with van der Waals surface area (Å²) in [6.07, 6.45) is 2.79. The van der Waals surface area contributed by atoms with Gasteiger partial charge in [0.25, 0.3) is 12.3 Å². The van der Waals surface area contributed by atoms with Gasteiger partial charge >= 0.3 is 0 Å². The predicted octanol–water partition coefficient (Wildman–Crippen LogP) is 4.35. The Morgan fingerprint density at radius 3 is 2.76 bits per heavy atom. The largest absolute Gasteiger partial charge is 0.398 e. The van der Waals surface area contributed by atoms with E-state index >= 15 is 0 Å². The van der Waals surface area contributed by atoms with Gasteiger partial charge in [0.05, 0.1) is 11.2 Å². The van der Waals surface area contributed by atoms with Crippen LogP contribution in [0.2, 0.25) is 0 Å². The number of benzene rings is 1. The molecule has 1 saturated heterocycles. The highest BCUT2D eigenvalue weighted by Gasteiger charge is 2.28. The lowest BCUT2D eigenvalue weighted by Gasteiger charge is -2.32. The maximum Gasteiger partial charge on any atom is 0.269 e. The van der Waals surface area contributed by atoms with E-state index in [1.807, 2.05) is 11.0 Å². The normalized spacial score (nSPS) is 16.9. The van der Waals surface area contributed by atoms with Crippen LogP contribution in [0.25, 0.3) is 11.0 Å². The summed E-state index contributed by atoms with van der Waals surface area (Å²) in [4.78, 5) is 19.1. The van der Waals surface area contributed by atoms with Gasteiger partial charge in [0, 0.05) is 56.0 Å². The van der Waals surface area contributed by atoms with Crippen LogP contribution in [0.1, 0.15) is 53.3 Å². The van der Waals surface area contributed by atoms with Crippen LogP contribution in [0.4, 0.5) is 25.8 Å². The molecule has 4 heterocycles. The third-order valence-electron chi connectivity index (χ3n) is 6.63. The van der Waals surface area contributed by atoms with Gasteiger partial charge in [-0.3, -0.25) is 4.79 Å². The number of carbonyl (C=O) groups excluding carboxylic acids is 1. The number of aryl methyl sites for hydroxylation is 1. The van der Waals surface area contributed by atoms with E-state index in [1.54, 1.807) is 19.2 Å². The van der Waals surface area contributed by atoms with Crippen molar-refractivity contribution in [2.45, 2.75) is 38.2 Å². The highest BCUT2D eigenvalue weighted by Crippen LogP contribution is 2.42. The van der Waals surface area contributed by atoms with Crippen molar-refractivity contribution in [1.29, 1.82) is 0 Å². The van der Waals surface area contributed by atoms with Crippen LogP contribution >= 0.6 is 0 Å². The quantitative estimate of drug-likeness (QED) is 0.572. The molecule has 5 rings (SSSR count).